The lowest BCUT2D eigenvalue weighted by Gasteiger charge is -2.33. The molecule has 0 aromatic carbocycles. The van der Waals surface area contributed by atoms with Gasteiger partial charge in [-0.1, -0.05) is 12.0 Å². The van der Waals surface area contributed by atoms with E-state index in [1.165, 1.54) is 0 Å². The van der Waals surface area contributed by atoms with Gasteiger partial charge < -0.3 is 4.90 Å². The van der Waals surface area contributed by atoms with Crippen molar-refractivity contribution in [2.24, 2.45) is 11.8 Å². The van der Waals surface area contributed by atoms with Crippen LogP contribution in [-0.4, -0.2) is 49.9 Å². The highest BCUT2D eigenvalue weighted by molar-refractivity contribution is 5.96. The van der Waals surface area contributed by atoms with Crippen LogP contribution in [0.25, 0.3) is 0 Å². The van der Waals surface area contributed by atoms with E-state index >= 15 is 0 Å². The molecule has 8 nitrogen and oxygen atoms in total. The Kier molecular flexibility index (Phi) is 3.85. The number of aromatic nitrogens is 4. The van der Waals surface area contributed by atoms with Crippen LogP contribution in [0, 0.1) is 11.8 Å². The minimum Gasteiger partial charge on any atom is -0.339 e. The molecule has 2 amide bonds. The third kappa shape index (κ3) is 3.03. The quantitative estimate of drug-likeness (QED) is 0.847. The van der Waals surface area contributed by atoms with Gasteiger partial charge in [0, 0.05) is 19.0 Å². The van der Waals surface area contributed by atoms with Crippen LogP contribution in [0.15, 0.2) is 0 Å². The van der Waals surface area contributed by atoms with Gasteiger partial charge >= 0.3 is 0 Å². The van der Waals surface area contributed by atoms with Gasteiger partial charge in [0.15, 0.2) is 0 Å². The van der Waals surface area contributed by atoms with E-state index in [0.29, 0.717) is 12.6 Å². The number of amides is 2. The fourth-order valence-corrected chi connectivity index (χ4v) is 3.24. The molecule has 2 N–H and O–H groups in total. The van der Waals surface area contributed by atoms with Crippen LogP contribution in [0.2, 0.25) is 0 Å². The Labute approximate surface area is 122 Å². The zero-order chi connectivity index (χ0) is 14.8. The molecule has 3 rings (SSSR count). The number of carbonyl (C=O) groups excluding carboxylic acids is 2. The molecule has 8 heteroatoms. The lowest BCUT2D eigenvalue weighted by Crippen LogP contribution is -2.39. The molecule has 1 aliphatic heterocycles. The highest BCUT2D eigenvalue weighted by Gasteiger charge is 2.38. The number of hydrogen-bond donors (Lipinski definition) is 2. The molecule has 2 aliphatic rings. The molecule has 1 saturated carbocycles. The van der Waals surface area contributed by atoms with Crippen molar-refractivity contribution < 1.29 is 9.59 Å². The summed E-state index contributed by atoms with van der Waals surface area (Å²) in [6.45, 7) is 2.75. The molecule has 114 valence electrons. The molecule has 1 saturated heterocycles. The van der Waals surface area contributed by atoms with Gasteiger partial charge in [-0.25, -0.2) is 0 Å². The molecule has 0 radical (unpaired) electrons. The van der Waals surface area contributed by atoms with Crippen molar-refractivity contribution in [1.82, 2.24) is 25.5 Å². The maximum atomic E-state index is 12.2. The van der Waals surface area contributed by atoms with Gasteiger partial charge in [0.25, 0.3) is 5.95 Å². The van der Waals surface area contributed by atoms with Gasteiger partial charge in [-0.2, -0.15) is 5.21 Å². The van der Waals surface area contributed by atoms with Gasteiger partial charge in [-0.3, -0.25) is 14.9 Å². The molecule has 1 unspecified atom stereocenters. The number of hydrogen-bond acceptors (Lipinski definition) is 5. The average molecular weight is 292 g/mol. The van der Waals surface area contributed by atoms with Gasteiger partial charge in [-0.05, 0) is 36.8 Å². The number of nitrogens with one attached hydrogen (secondary N) is 2. The zero-order valence-corrected chi connectivity index (χ0v) is 12.1. The summed E-state index contributed by atoms with van der Waals surface area (Å²) < 4.78 is 0. The Morgan fingerprint density at radius 3 is 2.76 bits per heavy atom. The maximum absolute atomic E-state index is 12.2. The van der Waals surface area contributed by atoms with Gasteiger partial charge in [0.1, 0.15) is 0 Å². The van der Waals surface area contributed by atoms with Crippen molar-refractivity contribution in [2.45, 2.75) is 45.1 Å². The molecular formula is C13H20N6O2. The van der Waals surface area contributed by atoms with E-state index in [4.69, 9.17) is 0 Å². The van der Waals surface area contributed by atoms with Crippen molar-refractivity contribution in [2.75, 3.05) is 11.9 Å². The van der Waals surface area contributed by atoms with Crippen molar-refractivity contribution in [1.29, 1.82) is 0 Å². The fraction of sp³-hybridized carbons (Fsp3) is 0.769. The lowest BCUT2D eigenvalue weighted by atomic mass is 9.87. The summed E-state index contributed by atoms with van der Waals surface area (Å²) in [7, 11) is 0. The first-order valence-electron chi connectivity index (χ1n) is 7.47. The predicted molar refractivity (Wildman–Crippen MR) is 74.0 cm³/mol. The fourth-order valence-electron chi connectivity index (χ4n) is 3.24. The molecule has 2 heterocycles. The number of likely N-dealkylation sites (tertiary alicyclic amines) is 1. The normalized spacial score (nSPS) is 29.7. The summed E-state index contributed by atoms with van der Waals surface area (Å²) >= 11 is 0. The van der Waals surface area contributed by atoms with E-state index < -0.39 is 0 Å². The SMILES string of the molecule is CC1CCC(N2CC(C(=O)Nc3nn[nH]n3)CC2=O)CC1. The minimum atomic E-state index is -0.324. The van der Waals surface area contributed by atoms with Gasteiger partial charge in [0.2, 0.25) is 11.8 Å². The molecule has 21 heavy (non-hydrogen) atoms. The van der Waals surface area contributed by atoms with Gasteiger partial charge in [-0.15, -0.1) is 5.10 Å². The molecule has 1 aromatic rings. The Morgan fingerprint density at radius 2 is 2.10 bits per heavy atom. The summed E-state index contributed by atoms with van der Waals surface area (Å²) in [5.41, 5.74) is 0. The van der Waals surface area contributed by atoms with Gasteiger partial charge in [0.05, 0.1) is 5.92 Å². The maximum Gasteiger partial charge on any atom is 0.269 e. The number of nitrogens with zero attached hydrogens (tertiary/aromatic N) is 4. The summed E-state index contributed by atoms with van der Waals surface area (Å²) in [6, 6.07) is 0.302. The first-order valence-corrected chi connectivity index (χ1v) is 7.47. The molecule has 2 fully saturated rings. The molecule has 1 aliphatic carbocycles. The standard InChI is InChI=1S/C13H20N6O2/c1-8-2-4-10(5-3-8)19-7-9(6-11(19)20)12(21)14-13-15-17-18-16-13/h8-10H,2-7H2,1H3,(H2,14,15,16,17,18,21). The zero-order valence-electron chi connectivity index (χ0n) is 12.1. The molecule has 1 atom stereocenters. The first-order chi connectivity index (χ1) is 10.1. The Bertz CT molecular complexity index is 509. The number of anilines is 1. The monoisotopic (exact) mass is 292 g/mol. The second-order valence-electron chi connectivity index (χ2n) is 6.09. The Hall–Kier alpha value is -1.99. The van der Waals surface area contributed by atoms with Crippen LogP contribution >= 0.6 is 0 Å². The highest BCUT2D eigenvalue weighted by Crippen LogP contribution is 2.31. The van der Waals surface area contributed by atoms with Crippen LogP contribution in [0.5, 0.6) is 0 Å². The molecule has 0 bridgehead atoms. The first kappa shape index (κ1) is 14.0. The highest BCUT2D eigenvalue weighted by atomic mass is 16.2. The van der Waals surface area contributed by atoms with Crippen LogP contribution in [0.1, 0.15) is 39.0 Å². The van der Waals surface area contributed by atoms with E-state index in [1.54, 1.807) is 0 Å². The third-order valence-electron chi connectivity index (χ3n) is 4.54. The largest absolute Gasteiger partial charge is 0.339 e. The summed E-state index contributed by atoms with van der Waals surface area (Å²) in [4.78, 5) is 26.2. The summed E-state index contributed by atoms with van der Waals surface area (Å²) in [6.07, 6.45) is 4.69. The predicted octanol–water partition coefficient (Wildman–Crippen LogP) is 0.565. The van der Waals surface area contributed by atoms with Crippen molar-refractivity contribution in [3.8, 4) is 0 Å². The Balaban J connectivity index is 1.58. The van der Waals surface area contributed by atoms with Crippen LogP contribution in [0.4, 0.5) is 5.95 Å². The number of aromatic amines is 1. The smallest absolute Gasteiger partial charge is 0.269 e. The topological polar surface area (TPSA) is 104 Å². The van der Waals surface area contributed by atoms with Crippen LogP contribution in [-0.2, 0) is 9.59 Å². The van der Waals surface area contributed by atoms with E-state index in [1.807, 2.05) is 4.90 Å². The Morgan fingerprint density at radius 1 is 1.33 bits per heavy atom. The molecule has 1 aromatic heterocycles. The molecule has 0 spiro atoms. The van der Waals surface area contributed by atoms with Crippen LogP contribution < -0.4 is 5.32 Å². The number of tetrazole rings is 1. The average Bonchev–Trinajstić information content (AvgIpc) is 3.09. The number of rotatable bonds is 3. The van der Waals surface area contributed by atoms with E-state index in [2.05, 4.69) is 32.9 Å². The van der Waals surface area contributed by atoms with E-state index in [-0.39, 0.29) is 30.1 Å². The number of carbonyl (C=O) groups is 2. The van der Waals surface area contributed by atoms with Crippen molar-refractivity contribution in [3.63, 3.8) is 0 Å². The second kappa shape index (κ2) is 5.79. The van der Waals surface area contributed by atoms with E-state index in [9.17, 15) is 9.59 Å². The van der Waals surface area contributed by atoms with Crippen molar-refractivity contribution >= 4 is 17.8 Å². The second-order valence-corrected chi connectivity index (χ2v) is 6.09. The number of H-pyrrole nitrogens is 1. The third-order valence-corrected chi connectivity index (χ3v) is 4.54. The van der Waals surface area contributed by atoms with Crippen LogP contribution in [0.3, 0.4) is 0 Å². The lowest BCUT2D eigenvalue weighted by molar-refractivity contribution is -0.130. The molecular weight excluding hydrogens is 272 g/mol. The minimum absolute atomic E-state index is 0.0859. The summed E-state index contributed by atoms with van der Waals surface area (Å²) in [5.74, 6) is 0.447. The van der Waals surface area contributed by atoms with E-state index in [0.717, 1.165) is 31.6 Å². The summed E-state index contributed by atoms with van der Waals surface area (Å²) in [5, 5.41) is 15.6. The van der Waals surface area contributed by atoms with Crippen molar-refractivity contribution in [3.05, 3.63) is 0 Å².